The van der Waals surface area contributed by atoms with Gasteiger partial charge in [-0.25, -0.2) is 0 Å². The number of nitrogens with zero attached hydrogens (tertiary/aromatic N) is 1. The molecular formula is C15H29KN2O4. The summed E-state index contributed by atoms with van der Waals surface area (Å²) in [6.45, 7) is 11.7. The van der Waals surface area contributed by atoms with Gasteiger partial charge < -0.3 is 20.3 Å². The van der Waals surface area contributed by atoms with Crippen LogP contribution in [-0.4, -0.2) is 52.0 Å². The summed E-state index contributed by atoms with van der Waals surface area (Å²) < 4.78 is 0. The summed E-state index contributed by atoms with van der Waals surface area (Å²) >= 11 is 0. The summed E-state index contributed by atoms with van der Waals surface area (Å²) in [5, 5.41) is 25.4. The number of nitrogens with one attached hydrogen (secondary N) is 1. The van der Waals surface area contributed by atoms with E-state index in [1.807, 2.05) is 5.06 Å². The topological polar surface area (TPSA) is 84.9 Å². The molecule has 22 heavy (non-hydrogen) atoms. The van der Waals surface area contributed by atoms with Crippen molar-refractivity contribution in [3.63, 3.8) is 0 Å². The van der Waals surface area contributed by atoms with E-state index in [2.05, 4.69) is 33.0 Å². The van der Waals surface area contributed by atoms with Crippen LogP contribution in [0, 0.1) is 0 Å². The third-order valence-corrected chi connectivity index (χ3v) is 3.67. The molecule has 1 rings (SSSR count). The number of hydrogen-bond donors (Lipinski definition) is 2. The minimum atomic E-state index is -1.09. The van der Waals surface area contributed by atoms with Gasteiger partial charge in [0.05, 0.1) is 18.2 Å². The van der Waals surface area contributed by atoms with Crippen LogP contribution in [0.15, 0.2) is 0 Å². The Morgan fingerprint density at radius 2 is 1.77 bits per heavy atom. The van der Waals surface area contributed by atoms with Crippen LogP contribution in [0.5, 0.6) is 0 Å². The van der Waals surface area contributed by atoms with Gasteiger partial charge in [-0.2, -0.15) is 5.06 Å². The van der Waals surface area contributed by atoms with Crippen molar-refractivity contribution in [2.24, 2.45) is 0 Å². The summed E-state index contributed by atoms with van der Waals surface area (Å²) in [6, 6.07) is 0.0925. The van der Waals surface area contributed by atoms with Gasteiger partial charge in [0.15, 0.2) is 0 Å². The number of aliphatic carboxylic acids is 1. The van der Waals surface area contributed by atoms with Gasteiger partial charge in [0.1, 0.15) is 0 Å². The largest absolute Gasteiger partial charge is 1.00 e. The number of carboxylic acid groups (broad SMARTS) is 1. The molecule has 0 aromatic rings. The molecule has 0 radical (unpaired) electrons. The van der Waals surface area contributed by atoms with Crippen LogP contribution in [0.2, 0.25) is 0 Å². The summed E-state index contributed by atoms with van der Waals surface area (Å²) in [5.41, 5.74) is -1.43. The smallest absolute Gasteiger partial charge is 0.549 e. The van der Waals surface area contributed by atoms with E-state index < -0.39 is 11.6 Å². The van der Waals surface area contributed by atoms with Crippen molar-refractivity contribution in [1.29, 1.82) is 0 Å². The number of hydrogen-bond acceptors (Lipinski definition) is 6. The van der Waals surface area contributed by atoms with E-state index in [1.54, 1.807) is 13.8 Å². The van der Waals surface area contributed by atoms with Crippen LogP contribution in [0.4, 0.5) is 0 Å². The molecule has 1 aliphatic heterocycles. The second-order valence-electron chi connectivity index (χ2n) is 7.86. The van der Waals surface area contributed by atoms with Crippen LogP contribution in [0.25, 0.3) is 0 Å². The monoisotopic (exact) mass is 340 g/mol. The van der Waals surface area contributed by atoms with Crippen molar-refractivity contribution in [3.05, 3.63) is 0 Å². The second kappa shape index (κ2) is 8.36. The number of rotatable bonds is 6. The predicted octanol–water partition coefficient (Wildman–Crippen LogP) is -2.95. The molecule has 2 N–H and O–H groups in total. The van der Waals surface area contributed by atoms with Crippen LogP contribution < -0.4 is 61.8 Å². The predicted molar refractivity (Wildman–Crippen MR) is 78.3 cm³/mol. The Balaban J connectivity index is 0.00000441. The van der Waals surface area contributed by atoms with Gasteiger partial charge in [0.2, 0.25) is 0 Å². The molecule has 0 bridgehead atoms. The van der Waals surface area contributed by atoms with E-state index in [9.17, 15) is 15.0 Å². The first-order valence-electron chi connectivity index (χ1n) is 7.42. The molecule has 0 aliphatic carbocycles. The molecular weight excluding hydrogens is 311 g/mol. The van der Waals surface area contributed by atoms with Crippen molar-refractivity contribution < 1.29 is 71.2 Å². The fourth-order valence-electron chi connectivity index (χ4n) is 3.21. The average Bonchev–Trinajstić information content (AvgIpc) is 2.21. The quantitative estimate of drug-likeness (QED) is 0.503. The van der Waals surface area contributed by atoms with Crippen molar-refractivity contribution in [1.82, 2.24) is 10.4 Å². The maximum Gasteiger partial charge on any atom is 1.00 e. The Morgan fingerprint density at radius 1 is 1.32 bits per heavy atom. The molecule has 1 saturated heterocycles. The van der Waals surface area contributed by atoms with Gasteiger partial charge in [-0.05, 0) is 54.4 Å². The van der Waals surface area contributed by atoms with Crippen molar-refractivity contribution >= 4 is 5.97 Å². The maximum absolute atomic E-state index is 10.6. The van der Waals surface area contributed by atoms with E-state index in [4.69, 9.17) is 4.84 Å². The molecule has 0 aromatic heterocycles. The second-order valence-corrected chi connectivity index (χ2v) is 7.86. The number of aliphatic hydroxyl groups is 1. The van der Waals surface area contributed by atoms with E-state index >= 15 is 0 Å². The van der Waals surface area contributed by atoms with Gasteiger partial charge >= 0.3 is 51.4 Å². The molecule has 7 heteroatoms. The third kappa shape index (κ3) is 7.23. The zero-order valence-electron chi connectivity index (χ0n) is 15.0. The molecule has 124 valence electrons. The number of hydroxylamine groups is 2. The molecule has 0 amide bonds. The Hall–Kier alpha value is 0.946. The van der Waals surface area contributed by atoms with E-state index in [1.165, 1.54) is 0 Å². The summed E-state index contributed by atoms with van der Waals surface area (Å²) in [7, 11) is 0. The summed E-state index contributed by atoms with van der Waals surface area (Å²) in [4.78, 5) is 16.5. The zero-order valence-corrected chi connectivity index (χ0v) is 18.1. The standard InChI is InChI=1S/C15H30N2O4.K/c1-13(2)7-11(16-9-12(18)19)8-14(3,4)17(13)21-10-15(5,6)20;/h11,16,20H,7-10H2,1-6H3,(H,18,19);/q;+1/p-1. The third-order valence-electron chi connectivity index (χ3n) is 3.67. The molecule has 0 aromatic carbocycles. The van der Waals surface area contributed by atoms with Gasteiger partial charge in [-0.15, -0.1) is 0 Å². The minimum Gasteiger partial charge on any atom is -0.549 e. The Morgan fingerprint density at radius 3 is 2.14 bits per heavy atom. The SMILES string of the molecule is CC(C)(O)CON1C(C)(C)CC(NCC(=O)[O-])CC1(C)C.[K+]. The number of carbonyl (C=O) groups is 1. The van der Waals surface area contributed by atoms with E-state index in [-0.39, 0.29) is 81.7 Å². The molecule has 0 atom stereocenters. The Labute approximate surface area is 176 Å². The van der Waals surface area contributed by atoms with Crippen LogP contribution >= 0.6 is 0 Å². The van der Waals surface area contributed by atoms with Crippen LogP contribution in [0.1, 0.15) is 54.4 Å². The van der Waals surface area contributed by atoms with Gasteiger partial charge in [-0.3, -0.25) is 4.84 Å². The Kier molecular flexibility index (Phi) is 8.72. The molecule has 1 aliphatic rings. The first-order chi connectivity index (χ1) is 9.33. The first-order valence-corrected chi connectivity index (χ1v) is 7.42. The van der Waals surface area contributed by atoms with E-state index in [0.717, 1.165) is 12.8 Å². The molecule has 6 nitrogen and oxygen atoms in total. The molecule has 1 fully saturated rings. The molecule has 0 saturated carbocycles. The van der Waals surface area contributed by atoms with Crippen LogP contribution in [0.3, 0.4) is 0 Å². The summed E-state index contributed by atoms with van der Waals surface area (Å²) in [5.74, 6) is -1.09. The number of carboxylic acids is 1. The first kappa shape index (κ1) is 22.9. The molecule has 1 heterocycles. The maximum atomic E-state index is 10.6. The number of carbonyl (C=O) groups excluding carboxylic acids is 1. The van der Waals surface area contributed by atoms with Crippen molar-refractivity contribution in [2.45, 2.75) is 77.1 Å². The summed E-state index contributed by atoms with van der Waals surface area (Å²) in [6.07, 6.45) is 1.52. The van der Waals surface area contributed by atoms with Crippen LogP contribution in [-0.2, 0) is 9.63 Å². The fraction of sp³-hybridized carbons (Fsp3) is 0.933. The van der Waals surface area contributed by atoms with Crippen molar-refractivity contribution in [2.75, 3.05) is 13.2 Å². The minimum absolute atomic E-state index is 0. The Bertz CT molecular complexity index is 362. The molecule has 0 unspecified atom stereocenters. The molecule has 0 spiro atoms. The fourth-order valence-corrected chi connectivity index (χ4v) is 3.21. The van der Waals surface area contributed by atoms with Gasteiger partial charge in [0.25, 0.3) is 0 Å². The van der Waals surface area contributed by atoms with Gasteiger partial charge in [0, 0.05) is 23.7 Å². The van der Waals surface area contributed by atoms with E-state index in [0.29, 0.717) is 0 Å². The van der Waals surface area contributed by atoms with Gasteiger partial charge in [-0.1, -0.05) is 0 Å². The zero-order chi connectivity index (χ0) is 16.5. The number of piperidine rings is 1. The normalized spacial score (nSPS) is 22.1. The van der Waals surface area contributed by atoms with Crippen molar-refractivity contribution in [3.8, 4) is 0 Å². The average molecular weight is 341 g/mol.